The highest BCUT2D eigenvalue weighted by molar-refractivity contribution is 7.99. The first-order valence-electron chi connectivity index (χ1n) is 9.83. The van der Waals surface area contributed by atoms with E-state index in [1.165, 1.54) is 11.8 Å². The molecule has 0 bridgehead atoms. The van der Waals surface area contributed by atoms with Crippen LogP contribution < -0.4 is 19.5 Å². The van der Waals surface area contributed by atoms with Gasteiger partial charge in [-0.15, -0.1) is 0 Å². The molecule has 32 heavy (non-hydrogen) atoms. The van der Waals surface area contributed by atoms with Crippen LogP contribution in [0.25, 0.3) is 11.0 Å². The van der Waals surface area contributed by atoms with Gasteiger partial charge in [-0.2, -0.15) is 0 Å². The molecule has 0 saturated heterocycles. The lowest BCUT2D eigenvalue weighted by atomic mass is 10.2. The Morgan fingerprint density at radius 3 is 2.44 bits per heavy atom. The second kappa shape index (κ2) is 11.3. The number of carbonyl (C=O) groups excluding carboxylic acids is 1. The zero-order valence-electron chi connectivity index (χ0n) is 18.4. The summed E-state index contributed by atoms with van der Waals surface area (Å²) in [5, 5.41) is 4.28. The van der Waals surface area contributed by atoms with E-state index in [0.29, 0.717) is 42.0 Å². The predicted octanol–water partition coefficient (Wildman–Crippen LogP) is 3.77. The number of fused-ring (bicyclic) bond motifs is 1. The quantitative estimate of drug-likeness (QED) is 0.419. The highest BCUT2D eigenvalue weighted by Gasteiger charge is 2.15. The first-order chi connectivity index (χ1) is 15.5. The number of methoxy groups -OCH3 is 4. The van der Waals surface area contributed by atoms with Crippen LogP contribution in [0.2, 0.25) is 5.02 Å². The van der Waals surface area contributed by atoms with Gasteiger partial charge in [-0.25, -0.2) is 4.98 Å². The number of nitrogens with zero attached hydrogens (tertiary/aromatic N) is 2. The Bertz CT molecular complexity index is 1060. The summed E-state index contributed by atoms with van der Waals surface area (Å²) in [7, 11) is 6.31. The van der Waals surface area contributed by atoms with Crippen molar-refractivity contribution in [3.8, 4) is 17.2 Å². The van der Waals surface area contributed by atoms with Gasteiger partial charge in [-0.1, -0.05) is 23.4 Å². The zero-order valence-corrected chi connectivity index (χ0v) is 20.0. The topological polar surface area (TPSA) is 83.8 Å². The average molecular weight is 480 g/mol. The maximum atomic E-state index is 12.5. The maximum absolute atomic E-state index is 12.5. The van der Waals surface area contributed by atoms with Gasteiger partial charge in [-0.3, -0.25) is 4.79 Å². The first-order valence-corrected chi connectivity index (χ1v) is 11.2. The molecule has 0 fully saturated rings. The van der Waals surface area contributed by atoms with E-state index in [4.69, 9.17) is 30.5 Å². The Hall–Kier alpha value is -2.62. The molecule has 0 saturated carbocycles. The van der Waals surface area contributed by atoms with Crippen molar-refractivity contribution in [2.45, 2.75) is 18.2 Å². The fraction of sp³-hybridized carbons (Fsp3) is 0.364. The number of halogens is 1. The molecule has 2 aromatic carbocycles. The maximum Gasteiger partial charge on any atom is 0.230 e. The fourth-order valence-electron chi connectivity index (χ4n) is 3.21. The standard InChI is InChI=1S/C22H26ClN3O5S/c1-28-8-7-26-17-6-5-15(23)11-16(17)25-22(26)32-13-20(27)24-12-14-9-18(29-2)21(31-4)19(10-14)30-3/h5-6,9-11H,7-8,12-13H2,1-4H3,(H,24,27). The van der Waals surface area contributed by atoms with Gasteiger partial charge in [0.1, 0.15) is 0 Å². The third-order valence-corrected chi connectivity index (χ3v) is 5.95. The van der Waals surface area contributed by atoms with E-state index in [1.54, 1.807) is 28.4 Å². The summed E-state index contributed by atoms with van der Waals surface area (Å²) in [6, 6.07) is 9.18. The van der Waals surface area contributed by atoms with Crippen molar-refractivity contribution >= 4 is 40.3 Å². The molecule has 0 aliphatic heterocycles. The summed E-state index contributed by atoms with van der Waals surface area (Å²) in [5.74, 6) is 1.68. The number of nitrogens with one attached hydrogen (secondary N) is 1. The van der Waals surface area contributed by atoms with Crippen molar-refractivity contribution in [1.29, 1.82) is 0 Å². The number of aromatic nitrogens is 2. The van der Waals surface area contributed by atoms with Crippen molar-refractivity contribution in [1.82, 2.24) is 14.9 Å². The summed E-state index contributed by atoms with van der Waals surface area (Å²) in [6.07, 6.45) is 0. The molecule has 1 N–H and O–H groups in total. The zero-order chi connectivity index (χ0) is 23.1. The third-order valence-electron chi connectivity index (χ3n) is 4.74. The number of thioether (sulfide) groups is 1. The van der Waals surface area contributed by atoms with Crippen LogP contribution in [0.4, 0.5) is 0 Å². The molecule has 0 unspecified atom stereocenters. The van der Waals surface area contributed by atoms with Gasteiger partial charge in [0.05, 0.1) is 44.7 Å². The molecule has 3 rings (SSSR count). The minimum atomic E-state index is -0.118. The molecule has 8 nitrogen and oxygen atoms in total. The molecule has 10 heteroatoms. The van der Waals surface area contributed by atoms with Gasteiger partial charge in [0.2, 0.25) is 11.7 Å². The van der Waals surface area contributed by atoms with Crippen molar-refractivity contribution < 1.29 is 23.7 Å². The Balaban J connectivity index is 1.67. The van der Waals surface area contributed by atoms with E-state index >= 15 is 0 Å². The molecular weight excluding hydrogens is 454 g/mol. The minimum Gasteiger partial charge on any atom is -0.493 e. The highest BCUT2D eigenvalue weighted by atomic mass is 35.5. The molecule has 0 spiro atoms. The van der Waals surface area contributed by atoms with E-state index in [-0.39, 0.29) is 11.7 Å². The predicted molar refractivity (Wildman–Crippen MR) is 125 cm³/mol. The van der Waals surface area contributed by atoms with Crippen LogP contribution in [-0.4, -0.2) is 56.3 Å². The van der Waals surface area contributed by atoms with Crippen molar-refractivity contribution in [2.24, 2.45) is 0 Å². The number of carbonyl (C=O) groups is 1. The summed E-state index contributed by atoms with van der Waals surface area (Å²) in [5.41, 5.74) is 2.57. The molecule has 0 aliphatic carbocycles. The van der Waals surface area contributed by atoms with Crippen molar-refractivity contribution in [2.75, 3.05) is 40.8 Å². The lowest BCUT2D eigenvalue weighted by molar-refractivity contribution is -0.118. The molecule has 172 valence electrons. The fourth-order valence-corrected chi connectivity index (χ4v) is 4.25. The SMILES string of the molecule is COCCn1c(SCC(=O)NCc2cc(OC)c(OC)c(OC)c2)nc2cc(Cl)ccc21. The molecule has 0 radical (unpaired) electrons. The number of hydrogen-bond acceptors (Lipinski definition) is 7. The summed E-state index contributed by atoms with van der Waals surface area (Å²) < 4.78 is 23.3. The van der Waals surface area contributed by atoms with E-state index in [9.17, 15) is 4.79 Å². The average Bonchev–Trinajstić information content (AvgIpc) is 3.15. The summed E-state index contributed by atoms with van der Waals surface area (Å²) in [6.45, 7) is 1.49. The Morgan fingerprint density at radius 2 is 1.81 bits per heavy atom. The number of imidazole rings is 1. The number of amides is 1. The van der Waals surface area contributed by atoms with Gasteiger partial charge in [-0.05, 0) is 35.9 Å². The van der Waals surface area contributed by atoms with E-state index in [1.807, 2.05) is 34.9 Å². The van der Waals surface area contributed by atoms with E-state index in [0.717, 1.165) is 21.8 Å². The molecular formula is C22H26ClN3O5S. The van der Waals surface area contributed by atoms with Gasteiger partial charge < -0.3 is 28.8 Å². The van der Waals surface area contributed by atoms with Gasteiger partial charge in [0, 0.05) is 25.2 Å². The van der Waals surface area contributed by atoms with E-state index < -0.39 is 0 Å². The molecule has 1 amide bonds. The molecule has 1 heterocycles. The van der Waals surface area contributed by atoms with Crippen molar-refractivity contribution in [3.63, 3.8) is 0 Å². The molecule has 0 aliphatic rings. The van der Waals surface area contributed by atoms with E-state index in [2.05, 4.69) is 10.3 Å². The van der Waals surface area contributed by atoms with Crippen LogP contribution in [0.3, 0.4) is 0 Å². The van der Waals surface area contributed by atoms with Crippen LogP contribution in [0.1, 0.15) is 5.56 Å². The van der Waals surface area contributed by atoms with Crippen LogP contribution in [0.5, 0.6) is 17.2 Å². The summed E-state index contributed by atoms with van der Waals surface area (Å²) >= 11 is 7.47. The highest BCUT2D eigenvalue weighted by Crippen LogP contribution is 2.38. The minimum absolute atomic E-state index is 0.118. The second-order valence-corrected chi connectivity index (χ2v) is 8.15. The van der Waals surface area contributed by atoms with Crippen LogP contribution in [0, 0.1) is 0 Å². The second-order valence-electron chi connectivity index (χ2n) is 6.77. The largest absolute Gasteiger partial charge is 0.493 e. The summed E-state index contributed by atoms with van der Waals surface area (Å²) in [4.78, 5) is 17.2. The number of rotatable bonds is 11. The van der Waals surface area contributed by atoms with Crippen LogP contribution in [0.15, 0.2) is 35.5 Å². The Kier molecular flexibility index (Phi) is 8.49. The smallest absolute Gasteiger partial charge is 0.230 e. The van der Waals surface area contributed by atoms with Gasteiger partial charge in [0.25, 0.3) is 0 Å². The monoisotopic (exact) mass is 479 g/mol. The number of ether oxygens (including phenoxy) is 4. The van der Waals surface area contributed by atoms with Crippen molar-refractivity contribution in [3.05, 3.63) is 40.9 Å². The lowest BCUT2D eigenvalue weighted by Crippen LogP contribution is -2.24. The Morgan fingerprint density at radius 1 is 1.09 bits per heavy atom. The van der Waals surface area contributed by atoms with Gasteiger partial charge >= 0.3 is 0 Å². The lowest BCUT2D eigenvalue weighted by Gasteiger charge is -2.14. The van der Waals surface area contributed by atoms with Gasteiger partial charge in [0.15, 0.2) is 16.7 Å². The first kappa shape index (κ1) is 24.0. The molecule has 3 aromatic rings. The number of hydrogen-bond donors (Lipinski definition) is 1. The molecule has 1 aromatic heterocycles. The molecule has 0 atom stereocenters. The third kappa shape index (κ3) is 5.59. The Labute approximate surface area is 196 Å². The normalized spacial score (nSPS) is 10.9. The van der Waals surface area contributed by atoms with Crippen LogP contribution in [-0.2, 0) is 22.6 Å². The number of benzene rings is 2. The van der Waals surface area contributed by atoms with Crippen LogP contribution >= 0.6 is 23.4 Å².